The molecule has 20 heavy (non-hydrogen) atoms. The number of carbonyl (C=O) groups excluding carboxylic acids is 1. The van der Waals surface area contributed by atoms with E-state index >= 15 is 0 Å². The molecule has 0 bridgehead atoms. The number of rotatable bonds is 4. The highest BCUT2D eigenvalue weighted by Gasteiger charge is 2.36. The third-order valence-electron chi connectivity index (χ3n) is 3.96. The van der Waals surface area contributed by atoms with Crippen LogP contribution in [0.4, 0.5) is 0 Å². The molecule has 2 N–H and O–H groups in total. The molecule has 0 aliphatic carbocycles. The van der Waals surface area contributed by atoms with E-state index in [0.717, 1.165) is 19.4 Å². The Hall–Kier alpha value is -1.43. The molecule has 6 nitrogen and oxygen atoms in total. The molecule has 1 fully saturated rings. The lowest BCUT2D eigenvalue weighted by atomic mass is 10.0. The maximum absolute atomic E-state index is 12.5. The van der Waals surface area contributed by atoms with Gasteiger partial charge < -0.3 is 15.2 Å². The van der Waals surface area contributed by atoms with Crippen LogP contribution in [0.2, 0.25) is 0 Å². The van der Waals surface area contributed by atoms with Crippen molar-refractivity contribution in [1.82, 2.24) is 15.0 Å². The number of carbonyl (C=O) groups is 1. The lowest BCUT2D eigenvalue weighted by Gasteiger charge is -2.27. The third-order valence-corrected chi connectivity index (χ3v) is 3.96. The first-order valence-corrected chi connectivity index (χ1v) is 7.31. The van der Waals surface area contributed by atoms with Crippen molar-refractivity contribution in [2.45, 2.75) is 58.5 Å². The van der Waals surface area contributed by atoms with Crippen LogP contribution < -0.4 is 5.73 Å². The second kappa shape index (κ2) is 5.91. The SMILES string of the molecule is CC(C)c1nc(C2CCCN2C(=O)C(C)C(C)N)no1. The van der Waals surface area contributed by atoms with Crippen LogP contribution in [0.1, 0.15) is 64.2 Å². The van der Waals surface area contributed by atoms with E-state index in [2.05, 4.69) is 10.1 Å². The number of hydrogen-bond donors (Lipinski definition) is 1. The zero-order chi connectivity index (χ0) is 14.9. The van der Waals surface area contributed by atoms with Gasteiger partial charge in [-0.05, 0) is 19.8 Å². The minimum absolute atomic E-state index is 0.0695. The van der Waals surface area contributed by atoms with Crippen LogP contribution in [0.5, 0.6) is 0 Å². The Labute approximate surface area is 119 Å². The number of hydrogen-bond acceptors (Lipinski definition) is 5. The Morgan fingerprint density at radius 2 is 2.10 bits per heavy atom. The standard InChI is InChI=1S/C14H24N4O2/c1-8(2)13-16-12(17-20-13)11-6-5-7-18(11)14(19)9(3)10(4)15/h8-11H,5-7,15H2,1-4H3. The summed E-state index contributed by atoms with van der Waals surface area (Å²) in [5, 5.41) is 4.05. The zero-order valence-electron chi connectivity index (χ0n) is 12.7. The molecule has 1 amide bonds. The van der Waals surface area contributed by atoms with E-state index in [9.17, 15) is 4.79 Å². The molecule has 2 rings (SSSR count). The van der Waals surface area contributed by atoms with Crippen molar-refractivity contribution in [2.75, 3.05) is 6.54 Å². The normalized spacial score (nSPS) is 22.3. The molecule has 0 saturated carbocycles. The average molecular weight is 280 g/mol. The Bertz CT molecular complexity index is 469. The summed E-state index contributed by atoms with van der Waals surface area (Å²) in [4.78, 5) is 18.7. The van der Waals surface area contributed by atoms with Crippen molar-refractivity contribution >= 4 is 5.91 Å². The molecule has 1 aliphatic rings. The quantitative estimate of drug-likeness (QED) is 0.909. The van der Waals surface area contributed by atoms with Crippen LogP contribution in [-0.4, -0.2) is 33.5 Å². The molecule has 1 aliphatic heterocycles. The van der Waals surface area contributed by atoms with E-state index in [1.165, 1.54) is 0 Å². The molecular weight excluding hydrogens is 256 g/mol. The van der Waals surface area contributed by atoms with Gasteiger partial charge in [-0.3, -0.25) is 4.79 Å². The smallest absolute Gasteiger partial charge is 0.229 e. The molecule has 1 aromatic heterocycles. The van der Waals surface area contributed by atoms with Gasteiger partial charge in [-0.15, -0.1) is 0 Å². The summed E-state index contributed by atoms with van der Waals surface area (Å²) in [5.41, 5.74) is 5.84. The molecule has 3 atom stereocenters. The lowest BCUT2D eigenvalue weighted by Crippen LogP contribution is -2.41. The third kappa shape index (κ3) is 2.85. The van der Waals surface area contributed by atoms with Crippen molar-refractivity contribution in [1.29, 1.82) is 0 Å². The van der Waals surface area contributed by atoms with Crippen LogP contribution in [-0.2, 0) is 4.79 Å². The van der Waals surface area contributed by atoms with E-state index in [1.807, 2.05) is 32.6 Å². The van der Waals surface area contributed by atoms with Crippen LogP contribution >= 0.6 is 0 Å². The summed E-state index contributed by atoms with van der Waals surface area (Å²) in [5.74, 6) is 1.34. The summed E-state index contributed by atoms with van der Waals surface area (Å²) in [6.07, 6.45) is 1.85. The van der Waals surface area contributed by atoms with Crippen LogP contribution in [0.25, 0.3) is 0 Å². The van der Waals surface area contributed by atoms with Gasteiger partial charge in [-0.25, -0.2) is 0 Å². The fourth-order valence-corrected chi connectivity index (χ4v) is 2.40. The van der Waals surface area contributed by atoms with E-state index in [4.69, 9.17) is 10.3 Å². The van der Waals surface area contributed by atoms with Crippen LogP contribution in [0.3, 0.4) is 0 Å². The second-order valence-corrected chi connectivity index (χ2v) is 5.98. The molecule has 112 valence electrons. The highest BCUT2D eigenvalue weighted by molar-refractivity contribution is 5.79. The maximum Gasteiger partial charge on any atom is 0.229 e. The van der Waals surface area contributed by atoms with Crippen LogP contribution in [0.15, 0.2) is 4.52 Å². The molecule has 2 heterocycles. The molecule has 1 saturated heterocycles. The van der Waals surface area contributed by atoms with Crippen molar-refractivity contribution in [3.63, 3.8) is 0 Å². The number of nitrogens with two attached hydrogens (primary N) is 1. The Kier molecular flexibility index (Phi) is 4.42. The topological polar surface area (TPSA) is 85.2 Å². The predicted octanol–water partition coefficient (Wildman–Crippen LogP) is 1.84. The van der Waals surface area contributed by atoms with Gasteiger partial charge in [0.15, 0.2) is 5.82 Å². The van der Waals surface area contributed by atoms with Gasteiger partial charge in [0, 0.05) is 18.5 Å². The zero-order valence-corrected chi connectivity index (χ0v) is 12.7. The Morgan fingerprint density at radius 1 is 1.40 bits per heavy atom. The predicted molar refractivity (Wildman–Crippen MR) is 74.9 cm³/mol. The van der Waals surface area contributed by atoms with Crippen molar-refractivity contribution in [3.05, 3.63) is 11.7 Å². The van der Waals surface area contributed by atoms with E-state index in [-0.39, 0.29) is 29.8 Å². The monoisotopic (exact) mass is 280 g/mol. The molecule has 0 aromatic carbocycles. The van der Waals surface area contributed by atoms with Crippen molar-refractivity contribution in [3.8, 4) is 0 Å². The fraction of sp³-hybridized carbons (Fsp3) is 0.786. The van der Waals surface area contributed by atoms with Gasteiger partial charge in [0.05, 0.1) is 12.0 Å². The first-order valence-electron chi connectivity index (χ1n) is 7.31. The first kappa shape index (κ1) is 15.0. The Balaban J connectivity index is 2.16. The molecule has 0 spiro atoms. The number of likely N-dealkylation sites (tertiary alicyclic amines) is 1. The van der Waals surface area contributed by atoms with Gasteiger partial charge >= 0.3 is 0 Å². The van der Waals surface area contributed by atoms with E-state index < -0.39 is 0 Å². The summed E-state index contributed by atoms with van der Waals surface area (Å²) in [6.45, 7) is 8.49. The highest BCUT2D eigenvalue weighted by atomic mass is 16.5. The van der Waals surface area contributed by atoms with Crippen molar-refractivity contribution in [2.24, 2.45) is 11.7 Å². The number of nitrogens with zero attached hydrogens (tertiary/aromatic N) is 3. The lowest BCUT2D eigenvalue weighted by molar-refractivity contribution is -0.136. The van der Waals surface area contributed by atoms with Gasteiger partial charge in [-0.1, -0.05) is 25.9 Å². The van der Waals surface area contributed by atoms with Gasteiger partial charge in [0.25, 0.3) is 0 Å². The molecule has 3 unspecified atom stereocenters. The second-order valence-electron chi connectivity index (χ2n) is 5.98. The minimum atomic E-state index is -0.188. The van der Waals surface area contributed by atoms with E-state index in [0.29, 0.717) is 11.7 Å². The first-order chi connectivity index (χ1) is 9.41. The van der Waals surface area contributed by atoms with E-state index in [1.54, 1.807) is 0 Å². The largest absolute Gasteiger partial charge is 0.339 e. The van der Waals surface area contributed by atoms with Gasteiger partial charge in [-0.2, -0.15) is 4.98 Å². The Morgan fingerprint density at radius 3 is 2.65 bits per heavy atom. The highest BCUT2D eigenvalue weighted by Crippen LogP contribution is 2.32. The molecule has 6 heteroatoms. The van der Waals surface area contributed by atoms with Crippen LogP contribution in [0, 0.1) is 5.92 Å². The van der Waals surface area contributed by atoms with Gasteiger partial charge in [0.1, 0.15) is 0 Å². The number of aromatic nitrogens is 2. The number of amides is 1. The molecule has 0 radical (unpaired) electrons. The average Bonchev–Trinajstić information content (AvgIpc) is 3.04. The fourth-order valence-electron chi connectivity index (χ4n) is 2.40. The summed E-state index contributed by atoms with van der Waals surface area (Å²) in [6, 6.07) is -0.222. The summed E-state index contributed by atoms with van der Waals surface area (Å²) >= 11 is 0. The minimum Gasteiger partial charge on any atom is -0.339 e. The maximum atomic E-state index is 12.5. The summed E-state index contributed by atoms with van der Waals surface area (Å²) < 4.78 is 5.25. The van der Waals surface area contributed by atoms with Gasteiger partial charge in [0.2, 0.25) is 11.8 Å². The summed E-state index contributed by atoms with van der Waals surface area (Å²) in [7, 11) is 0. The molecular formula is C14H24N4O2. The van der Waals surface area contributed by atoms with Crippen molar-refractivity contribution < 1.29 is 9.32 Å². The molecule has 1 aromatic rings.